The summed E-state index contributed by atoms with van der Waals surface area (Å²) in [5.74, 6) is 0. The van der Waals surface area contributed by atoms with E-state index in [2.05, 4.69) is 9.98 Å². The minimum atomic E-state index is -0.785. The van der Waals surface area contributed by atoms with Gasteiger partial charge in [-0.1, -0.05) is 6.07 Å². The summed E-state index contributed by atoms with van der Waals surface area (Å²) in [6.07, 6.45) is 2.36. The number of rotatable bonds is 3. The molecule has 0 bridgehead atoms. The summed E-state index contributed by atoms with van der Waals surface area (Å²) in [6.45, 7) is 0. The van der Waals surface area contributed by atoms with Gasteiger partial charge < -0.3 is 0 Å². The number of nitro benzene ring substituents is 1. The van der Waals surface area contributed by atoms with Crippen LogP contribution < -0.4 is 0 Å². The number of nitro groups is 1. The molecular weight excluding hydrogens is 202 g/mol. The molecule has 15 heavy (non-hydrogen) atoms. The monoisotopic (exact) mass is 205 g/mol. The van der Waals surface area contributed by atoms with E-state index in [0.717, 1.165) is 0 Å². The van der Waals surface area contributed by atoms with Crippen LogP contribution in [0.1, 0.15) is 0 Å². The molecule has 0 unspecified atom stereocenters. The highest BCUT2D eigenvalue weighted by Crippen LogP contribution is 2.35. The summed E-state index contributed by atoms with van der Waals surface area (Å²) in [5.41, 5.74) is -0.929. The highest BCUT2D eigenvalue weighted by Gasteiger charge is 2.19. The maximum Gasteiger partial charge on any atom is 0.322 e. The minimum absolute atomic E-state index is 0.202. The van der Waals surface area contributed by atoms with Gasteiger partial charge in [0.15, 0.2) is 11.4 Å². The Bertz CT molecular complexity index is 462. The summed E-state index contributed by atoms with van der Waals surface area (Å²) in [5, 5.41) is 10.6. The predicted octanol–water partition coefficient (Wildman–Crippen LogP) is 1.53. The highest BCUT2D eigenvalue weighted by molar-refractivity contribution is 5.74. The number of isocyanates is 2. The van der Waals surface area contributed by atoms with Crippen molar-refractivity contribution in [3.05, 3.63) is 28.3 Å². The number of hydrogen-bond acceptors (Lipinski definition) is 6. The third kappa shape index (κ3) is 2.19. The number of aliphatic imine (C=N–C) groups is 2. The lowest BCUT2D eigenvalue weighted by Gasteiger charge is -1.96. The third-order valence-corrected chi connectivity index (χ3v) is 1.51. The molecule has 0 fully saturated rings. The summed E-state index contributed by atoms with van der Waals surface area (Å²) >= 11 is 0. The quantitative estimate of drug-likeness (QED) is 0.323. The van der Waals surface area contributed by atoms with Gasteiger partial charge >= 0.3 is 5.69 Å². The van der Waals surface area contributed by atoms with Crippen molar-refractivity contribution in [2.24, 2.45) is 9.98 Å². The second kappa shape index (κ2) is 4.57. The number of hydrogen-bond donors (Lipinski definition) is 0. The normalized spacial score (nSPS) is 8.53. The zero-order valence-electron chi connectivity index (χ0n) is 7.21. The minimum Gasteiger partial charge on any atom is -0.258 e. The first kappa shape index (κ1) is 10.5. The molecule has 0 saturated heterocycles. The smallest absolute Gasteiger partial charge is 0.258 e. The molecule has 1 rings (SSSR count). The molecule has 7 nitrogen and oxygen atoms in total. The van der Waals surface area contributed by atoms with Crippen LogP contribution >= 0.6 is 0 Å². The maximum absolute atomic E-state index is 10.6. The molecule has 0 atom stereocenters. The Morgan fingerprint density at radius 3 is 1.93 bits per heavy atom. The van der Waals surface area contributed by atoms with Crippen molar-refractivity contribution in [2.75, 3.05) is 0 Å². The van der Waals surface area contributed by atoms with E-state index in [4.69, 9.17) is 0 Å². The van der Waals surface area contributed by atoms with Crippen LogP contribution in [0.5, 0.6) is 0 Å². The van der Waals surface area contributed by atoms with E-state index in [1.165, 1.54) is 30.4 Å². The molecule has 0 aliphatic rings. The highest BCUT2D eigenvalue weighted by atomic mass is 16.6. The van der Waals surface area contributed by atoms with E-state index in [0.29, 0.717) is 0 Å². The first-order valence-corrected chi connectivity index (χ1v) is 3.64. The van der Waals surface area contributed by atoms with E-state index >= 15 is 0 Å². The molecular formula is C8H3N3O4. The Balaban J connectivity index is 3.54. The van der Waals surface area contributed by atoms with Gasteiger partial charge in [0.1, 0.15) is 0 Å². The average Bonchev–Trinajstić information content (AvgIpc) is 2.18. The average molecular weight is 205 g/mol. The number of nitrogens with zero attached hydrogens (tertiary/aromatic N) is 3. The molecule has 0 spiro atoms. The molecule has 1 aromatic carbocycles. The van der Waals surface area contributed by atoms with Crippen LogP contribution in [0.2, 0.25) is 0 Å². The van der Waals surface area contributed by atoms with E-state index in [1.54, 1.807) is 0 Å². The molecule has 74 valence electrons. The van der Waals surface area contributed by atoms with E-state index in [-0.39, 0.29) is 11.4 Å². The Hall–Kier alpha value is -2.62. The molecule has 7 heteroatoms. The topological polar surface area (TPSA) is 102 Å². The fourth-order valence-corrected chi connectivity index (χ4v) is 0.985. The Morgan fingerprint density at radius 2 is 1.60 bits per heavy atom. The van der Waals surface area contributed by atoms with Crippen molar-refractivity contribution < 1.29 is 14.5 Å². The lowest BCUT2D eigenvalue weighted by molar-refractivity contribution is -0.383. The second-order valence-corrected chi connectivity index (χ2v) is 2.31. The van der Waals surface area contributed by atoms with Crippen molar-refractivity contribution in [1.82, 2.24) is 0 Å². The fraction of sp³-hybridized carbons (Fsp3) is 0. The lowest BCUT2D eigenvalue weighted by Crippen LogP contribution is -1.89. The van der Waals surface area contributed by atoms with Crippen molar-refractivity contribution >= 4 is 29.2 Å². The van der Waals surface area contributed by atoms with Gasteiger partial charge in [-0.05, 0) is 12.1 Å². The molecule has 1 aromatic rings. The van der Waals surface area contributed by atoms with Crippen LogP contribution in [0.15, 0.2) is 28.2 Å². The van der Waals surface area contributed by atoms with Crippen LogP contribution in [0, 0.1) is 10.1 Å². The van der Waals surface area contributed by atoms with Gasteiger partial charge in [-0.15, -0.1) is 0 Å². The first-order chi connectivity index (χ1) is 7.20. The van der Waals surface area contributed by atoms with Gasteiger partial charge in [0.2, 0.25) is 12.2 Å². The maximum atomic E-state index is 10.6. The number of benzene rings is 1. The van der Waals surface area contributed by atoms with Gasteiger partial charge in [-0.3, -0.25) is 10.1 Å². The Morgan fingerprint density at radius 1 is 1.13 bits per heavy atom. The predicted molar refractivity (Wildman–Crippen MR) is 48.7 cm³/mol. The molecule has 0 N–H and O–H groups in total. The molecule has 0 saturated carbocycles. The van der Waals surface area contributed by atoms with Crippen LogP contribution in [-0.2, 0) is 9.59 Å². The Kier molecular flexibility index (Phi) is 3.19. The molecule has 0 amide bonds. The van der Waals surface area contributed by atoms with Crippen LogP contribution in [0.3, 0.4) is 0 Å². The standard InChI is InChI=1S/C8H3N3O4/c12-4-9-6-2-1-3-7(10-5-13)8(6)11(14)15/h1-3H. The fourth-order valence-electron chi connectivity index (χ4n) is 0.985. The molecule has 0 aromatic heterocycles. The van der Waals surface area contributed by atoms with Gasteiger partial charge in [0.25, 0.3) is 0 Å². The van der Waals surface area contributed by atoms with Gasteiger partial charge in [0.05, 0.1) is 4.92 Å². The zero-order chi connectivity index (χ0) is 11.3. The zero-order valence-corrected chi connectivity index (χ0v) is 7.21. The summed E-state index contributed by atoms with van der Waals surface area (Å²) in [6, 6.07) is 3.86. The van der Waals surface area contributed by atoms with Crippen LogP contribution in [0.25, 0.3) is 0 Å². The van der Waals surface area contributed by atoms with Crippen molar-refractivity contribution in [3.63, 3.8) is 0 Å². The van der Waals surface area contributed by atoms with Crippen molar-refractivity contribution in [1.29, 1.82) is 0 Å². The first-order valence-electron chi connectivity index (χ1n) is 3.64. The lowest BCUT2D eigenvalue weighted by atomic mass is 10.2. The SMILES string of the molecule is O=C=Nc1cccc(N=C=O)c1[N+](=O)[O-]. The van der Waals surface area contributed by atoms with Crippen LogP contribution in [0.4, 0.5) is 17.1 Å². The molecule has 0 heterocycles. The van der Waals surface area contributed by atoms with Gasteiger partial charge in [0, 0.05) is 0 Å². The van der Waals surface area contributed by atoms with Crippen molar-refractivity contribution in [2.45, 2.75) is 0 Å². The van der Waals surface area contributed by atoms with E-state index in [9.17, 15) is 19.7 Å². The van der Waals surface area contributed by atoms with Gasteiger partial charge in [-0.2, -0.15) is 9.98 Å². The van der Waals surface area contributed by atoms with E-state index < -0.39 is 10.6 Å². The molecule has 0 aliphatic heterocycles. The van der Waals surface area contributed by atoms with Crippen LogP contribution in [-0.4, -0.2) is 17.1 Å². The van der Waals surface area contributed by atoms with E-state index in [1.807, 2.05) is 0 Å². The molecule has 0 radical (unpaired) electrons. The summed E-state index contributed by atoms with van der Waals surface area (Å²) < 4.78 is 0. The molecule has 0 aliphatic carbocycles. The Labute approximate surface area is 82.9 Å². The van der Waals surface area contributed by atoms with Gasteiger partial charge in [-0.25, -0.2) is 9.59 Å². The summed E-state index contributed by atoms with van der Waals surface area (Å²) in [7, 11) is 0. The second-order valence-electron chi connectivity index (χ2n) is 2.31. The largest absolute Gasteiger partial charge is 0.322 e. The third-order valence-electron chi connectivity index (χ3n) is 1.51. The number of para-hydroxylation sites is 1. The van der Waals surface area contributed by atoms with Crippen molar-refractivity contribution in [3.8, 4) is 0 Å². The summed E-state index contributed by atoms with van der Waals surface area (Å²) in [4.78, 5) is 36.1. The number of carbonyl (C=O) groups excluding carboxylic acids is 2.